The summed E-state index contributed by atoms with van der Waals surface area (Å²) in [7, 11) is 0. The first-order valence-electron chi connectivity index (χ1n) is 7.14. The van der Waals surface area contributed by atoms with Crippen LogP contribution in [0.1, 0.15) is 17.5 Å². The van der Waals surface area contributed by atoms with Crippen molar-refractivity contribution in [2.45, 2.75) is 19.4 Å². The topological polar surface area (TPSA) is 57.8 Å². The number of imidazole rings is 1. The molecule has 4 nitrogen and oxygen atoms in total. The number of aromatic amines is 1. The van der Waals surface area contributed by atoms with Crippen molar-refractivity contribution in [3.8, 4) is 0 Å². The van der Waals surface area contributed by atoms with Gasteiger partial charge in [-0.05, 0) is 41.8 Å². The van der Waals surface area contributed by atoms with E-state index >= 15 is 0 Å². The van der Waals surface area contributed by atoms with Gasteiger partial charge in [-0.25, -0.2) is 4.98 Å². The fraction of sp³-hybridized carbons (Fsp3) is 0.176. The zero-order valence-electron chi connectivity index (χ0n) is 12.0. The van der Waals surface area contributed by atoms with Crippen LogP contribution < -0.4 is 5.32 Å². The predicted molar refractivity (Wildman–Crippen MR) is 90.4 cm³/mol. The molecule has 1 heterocycles. The molecule has 0 saturated carbocycles. The zero-order valence-corrected chi connectivity index (χ0v) is 13.6. The van der Waals surface area contributed by atoms with E-state index in [1.165, 1.54) is 0 Å². The average molecular weight is 358 g/mol. The third-order valence-corrected chi connectivity index (χ3v) is 4.06. The highest BCUT2D eigenvalue weighted by atomic mass is 79.9. The average Bonchev–Trinajstić information content (AvgIpc) is 3.00. The number of nitrogens with one attached hydrogen (secondary N) is 2. The molecule has 22 heavy (non-hydrogen) atoms. The van der Waals surface area contributed by atoms with E-state index in [0.29, 0.717) is 13.0 Å². The van der Waals surface area contributed by atoms with Gasteiger partial charge in [0.05, 0.1) is 17.4 Å². The Kier molecular flexibility index (Phi) is 4.53. The molecule has 0 spiro atoms. The molecule has 1 amide bonds. The van der Waals surface area contributed by atoms with Gasteiger partial charge in [0.15, 0.2) is 0 Å². The van der Waals surface area contributed by atoms with Crippen LogP contribution in [-0.2, 0) is 17.8 Å². The minimum atomic E-state index is 0.0626. The molecule has 1 aromatic heterocycles. The Balaban J connectivity index is 1.50. The van der Waals surface area contributed by atoms with Crippen molar-refractivity contribution in [2.75, 3.05) is 0 Å². The lowest BCUT2D eigenvalue weighted by Crippen LogP contribution is -2.22. The summed E-state index contributed by atoms with van der Waals surface area (Å²) in [6.45, 7) is 0.561. The Labute approximate surface area is 137 Å². The summed E-state index contributed by atoms with van der Waals surface area (Å²) in [5.74, 6) is 0.0626. The molecule has 0 radical (unpaired) electrons. The fourth-order valence-corrected chi connectivity index (χ4v) is 2.55. The standard InChI is InChI=1S/C17H16BrN3O/c18-14-5-1-13(2-6-14)10-19-17(22)8-4-12-3-7-15-16(9-12)21-11-20-15/h1-3,5-7,9,11H,4,8,10H2,(H,19,22)(H,20,21). The van der Waals surface area contributed by atoms with E-state index in [9.17, 15) is 4.79 Å². The number of halogens is 1. The number of benzene rings is 2. The number of rotatable bonds is 5. The summed E-state index contributed by atoms with van der Waals surface area (Å²) in [5.41, 5.74) is 4.18. The van der Waals surface area contributed by atoms with Gasteiger partial charge < -0.3 is 10.3 Å². The molecule has 0 aliphatic heterocycles. The summed E-state index contributed by atoms with van der Waals surface area (Å²) < 4.78 is 1.04. The maximum absolute atomic E-state index is 11.9. The van der Waals surface area contributed by atoms with E-state index < -0.39 is 0 Å². The summed E-state index contributed by atoms with van der Waals surface area (Å²) in [4.78, 5) is 19.2. The lowest BCUT2D eigenvalue weighted by Gasteiger charge is -2.06. The van der Waals surface area contributed by atoms with Gasteiger partial charge in [0.25, 0.3) is 0 Å². The summed E-state index contributed by atoms with van der Waals surface area (Å²) in [6, 6.07) is 14.0. The maximum Gasteiger partial charge on any atom is 0.220 e. The van der Waals surface area contributed by atoms with Crippen LogP contribution in [0.5, 0.6) is 0 Å². The van der Waals surface area contributed by atoms with Gasteiger partial charge >= 0.3 is 0 Å². The van der Waals surface area contributed by atoms with E-state index in [-0.39, 0.29) is 5.91 Å². The second-order valence-electron chi connectivity index (χ2n) is 5.16. The molecule has 2 aromatic carbocycles. The second-order valence-corrected chi connectivity index (χ2v) is 6.07. The van der Waals surface area contributed by atoms with Gasteiger partial charge in [0.1, 0.15) is 0 Å². The van der Waals surface area contributed by atoms with Crippen LogP contribution in [0.4, 0.5) is 0 Å². The van der Waals surface area contributed by atoms with Gasteiger partial charge in [0.2, 0.25) is 5.91 Å². The Morgan fingerprint density at radius 2 is 1.91 bits per heavy atom. The van der Waals surface area contributed by atoms with Crippen LogP contribution >= 0.6 is 15.9 Å². The second kappa shape index (κ2) is 6.75. The number of hydrogen-bond donors (Lipinski definition) is 2. The number of aryl methyl sites for hydroxylation is 1. The van der Waals surface area contributed by atoms with E-state index in [4.69, 9.17) is 0 Å². The largest absolute Gasteiger partial charge is 0.352 e. The van der Waals surface area contributed by atoms with Crippen LogP contribution in [0.25, 0.3) is 11.0 Å². The highest BCUT2D eigenvalue weighted by Crippen LogP contribution is 2.13. The molecule has 0 saturated heterocycles. The number of carbonyl (C=O) groups is 1. The number of hydrogen-bond acceptors (Lipinski definition) is 2. The summed E-state index contributed by atoms with van der Waals surface area (Å²) >= 11 is 3.40. The van der Waals surface area contributed by atoms with Crippen molar-refractivity contribution in [3.05, 3.63) is 64.4 Å². The molecule has 0 aliphatic carbocycles. The number of fused-ring (bicyclic) bond motifs is 1. The molecule has 112 valence electrons. The molecule has 3 rings (SSSR count). The Bertz CT molecular complexity index is 780. The van der Waals surface area contributed by atoms with Crippen LogP contribution in [-0.4, -0.2) is 15.9 Å². The Hall–Kier alpha value is -2.14. The maximum atomic E-state index is 11.9. The van der Waals surface area contributed by atoms with E-state index in [1.807, 2.05) is 42.5 Å². The molecular formula is C17H16BrN3O. The van der Waals surface area contributed by atoms with Crippen LogP contribution in [0.2, 0.25) is 0 Å². The van der Waals surface area contributed by atoms with Crippen molar-refractivity contribution in [2.24, 2.45) is 0 Å². The molecule has 2 N–H and O–H groups in total. The molecule has 5 heteroatoms. The van der Waals surface area contributed by atoms with Crippen LogP contribution in [0, 0.1) is 0 Å². The number of H-pyrrole nitrogens is 1. The number of carbonyl (C=O) groups excluding carboxylic acids is 1. The summed E-state index contributed by atoms with van der Waals surface area (Å²) in [6.07, 6.45) is 2.89. The molecule has 0 unspecified atom stereocenters. The minimum absolute atomic E-state index is 0.0626. The quantitative estimate of drug-likeness (QED) is 0.733. The molecule has 0 atom stereocenters. The van der Waals surface area contributed by atoms with Gasteiger partial charge in [-0.1, -0.05) is 34.1 Å². The number of amides is 1. The number of aromatic nitrogens is 2. The first-order chi connectivity index (χ1) is 10.7. The van der Waals surface area contributed by atoms with Crippen LogP contribution in [0.3, 0.4) is 0 Å². The lowest BCUT2D eigenvalue weighted by molar-refractivity contribution is -0.121. The van der Waals surface area contributed by atoms with Crippen molar-refractivity contribution >= 4 is 32.9 Å². The van der Waals surface area contributed by atoms with Gasteiger partial charge in [-0.3, -0.25) is 4.79 Å². The first-order valence-corrected chi connectivity index (χ1v) is 7.93. The highest BCUT2D eigenvalue weighted by molar-refractivity contribution is 9.10. The van der Waals surface area contributed by atoms with E-state index in [1.54, 1.807) is 6.33 Å². The third kappa shape index (κ3) is 3.74. The SMILES string of the molecule is O=C(CCc1ccc2nc[nH]c2c1)NCc1ccc(Br)cc1. The lowest BCUT2D eigenvalue weighted by atomic mass is 10.1. The minimum Gasteiger partial charge on any atom is -0.352 e. The first kappa shape index (κ1) is 14.8. The van der Waals surface area contributed by atoms with E-state index in [0.717, 1.165) is 33.1 Å². The van der Waals surface area contributed by atoms with Gasteiger partial charge in [-0.2, -0.15) is 0 Å². The van der Waals surface area contributed by atoms with Crippen molar-refractivity contribution in [1.82, 2.24) is 15.3 Å². The summed E-state index contributed by atoms with van der Waals surface area (Å²) in [5, 5.41) is 2.95. The highest BCUT2D eigenvalue weighted by Gasteiger charge is 2.04. The van der Waals surface area contributed by atoms with Gasteiger partial charge in [-0.15, -0.1) is 0 Å². The van der Waals surface area contributed by atoms with Crippen molar-refractivity contribution in [3.63, 3.8) is 0 Å². The molecule has 0 aliphatic rings. The molecule has 0 fully saturated rings. The molecular weight excluding hydrogens is 342 g/mol. The van der Waals surface area contributed by atoms with Crippen LogP contribution in [0.15, 0.2) is 53.3 Å². The Morgan fingerprint density at radius 1 is 1.14 bits per heavy atom. The molecule has 3 aromatic rings. The zero-order chi connectivity index (χ0) is 15.4. The third-order valence-electron chi connectivity index (χ3n) is 3.53. The normalized spacial score (nSPS) is 10.8. The van der Waals surface area contributed by atoms with Gasteiger partial charge in [0, 0.05) is 17.4 Å². The number of nitrogens with zero attached hydrogens (tertiary/aromatic N) is 1. The fourth-order valence-electron chi connectivity index (χ4n) is 2.29. The monoisotopic (exact) mass is 357 g/mol. The van der Waals surface area contributed by atoms with Crippen molar-refractivity contribution < 1.29 is 4.79 Å². The molecule has 0 bridgehead atoms. The predicted octanol–water partition coefficient (Wildman–Crippen LogP) is 3.57. The Morgan fingerprint density at radius 3 is 2.73 bits per heavy atom. The smallest absolute Gasteiger partial charge is 0.220 e. The van der Waals surface area contributed by atoms with Crippen molar-refractivity contribution in [1.29, 1.82) is 0 Å². The van der Waals surface area contributed by atoms with E-state index in [2.05, 4.69) is 31.2 Å².